The quantitative estimate of drug-likeness (QED) is 0.640. The van der Waals surface area contributed by atoms with Gasteiger partial charge in [-0.25, -0.2) is 4.39 Å². The number of methoxy groups -OCH3 is 1. The van der Waals surface area contributed by atoms with Crippen molar-refractivity contribution in [2.24, 2.45) is 17.7 Å². The van der Waals surface area contributed by atoms with Crippen molar-refractivity contribution in [1.82, 2.24) is 5.43 Å². The van der Waals surface area contributed by atoms with Crippen LogP contribution in [0.25, 0.3) is 0 Å². The fourth-order valence-corrected chi connectivity index (χ4v) is 2.98. The predicted molar refractivity (Wildman–Crippen MR) is 69.5 cm³/mol. The first kappa shape index (κ1) is 13.3. The summed E-state index contributed by atoms with van der Waals surface area (Å²) in [5.74, 6) is 7.27. The van der Waals surface area contributed by atoms with Gasteiger partial charge in [0.2, 0.25) is 0 Å². The van der Waals surface area contributed by atoms with Gasteiger partial charge in [0.25, 0.3) is 0 Å². The molecule has 0 bridgehead atoms. The van der Waals surface area contributed by atoms with Crippen LogP contribution in [0.1, 0.15) is 37.8 Å². The van der Waals surface area contributed by atoms with E-state index in [2.05, 4.69) is 12.3 Å². The van der Waals surface area contributed by atoms with Gasteiger partial charge >= 0.3 is 0 Å². The number of hydrazine groups is 1. The molecule has 1 aromatic rings. The molecule has 0 spiro atoms. The summed E-state index contributed by atoms with van der Waals surface area (Å²) >= 11 is 0. The summed E-state index contributed by atoms with van der Waals surface area (Å²) in [6.45, 7) is 2.25. The third-order valence-corrected chi connectivity index (χ3v) is 3.91. The van der Waals surface area contributed by atoms with E-state index in [0.29, 0.717) is 17.6 Å². The monoisotopic (exact) mass is 252 g/mol. The fourth-order valence-electron chi connectivity index (χ4n) is 2.98. The highest BCUT2D eigenvalue weighted by atomic mass is 19.1. The fraction of sp³-hybridized carbons (Fsp3) is 0.571. The van der Waals surface area contributed by atoms with Crippen molar-refractivity contribution in [3.05, 3.63) is 29.6 Å². The summed E-state index contributed by atoms with van der Waals surface area (Å²) in [4.78, 5) is 0. The largest absolute Gasteiger partial charge is 0.496 e. The zero-order chi connectivity index (χ0) is 13.1. The van der Waals surface area contributed by atoms with E-state index in [4.69, 9.17) is 10.6 Å². The van der Waals surface area contributed by atoms with Gasteiger partial charge in [0, 0.05) is 5.56 Å². The highest BCUT2D eigenvalue weighted by molar-refractivity contribution is 5.37. The summed E-state index contributed by atoms with van der Waals surface area (Å²) < 4.78 is 18.7. The molecule has 1 fully saturated rings. The van der Waals surface area contributed by atoms with Crippen molar-refractivity contribution < 1.29 is 9.13 Å². The highest BCUT2D eigenvalue weighted by Crippen LogP contribution is 2.41. The summed E-state index contributed by atoms with van der Waals surface area (Å²) in [7, 11) is 1.60. The number of nitrogens with two attached hydrogens (primary N) is 1. The maximum absolute atomic E-state index is 13.4. The van der Waals surface area contributed by atoms with Crippen molar-refractivity contribution in [2.45, 2.75) is 32.2 Å². The maximum atomic E-state index is 13.4. The number of hydrogen-bond donors (Lipinski definition) is 2. The van der Waals surface area contributed by atoms with Crippen LogP contribution in [-0.2, 0) is 0 Å². The number of rotatable bonds is 4. The molecule has 100 valence electrons. The van der Waals surface area contributed by atoms with Crippen LogP contribution in [-0.4, -0.2) is 7.11 Å². The Morgan fingerprint density at radius 3 is 2.78 bits per heavy atom. The Labute approximate surface area is 107 Å². The smallest absolute Gasteiger partial charge is 0.123 e. The van der Waals surface area contributed by atoms with E-state index < -0.39 is 0 Å². The first-order chi connectivity index (χ1) is 8.65. The highest BCUT2D eigenvalue weighted by Gasteiger charge is 2.31. The molecule has 0 radical (unpaired) electrons. The van der Waals surface area contributed by atoms with Crippen LogP contribution in [0.15, 0.2) is 18.2 Å². The lowest BCUT2D eigenvalue weighted by atomic mass is 9.91. The van der Waals surface area contributed by atoms with Gasteiger partial charge in [-0.2, -0.15) is 0 Å². The van der Waals surface area contributed by atoms with E-state index >= 15 is 0 Å². The number of ether oxygens (including phenoxy) is 1. The third-order valence-electron chi connectivity index (χ3n) is 3.91. The molecule has 1 aromatic carbocycles. The topological polar surface area (TPSA) is 47.3 Å². The SMILES string of the molecule is COc1ccc(F)cc1C(NN)C1CCC(C)C1. The summed E-state index contributed by atoms with van der Waals surface area (Å²) in [5, 5.41) is 0. The lowest BCUT2D eigenvalue weighted by molar-refractivity contribution is 0.341. The molecular formula is C14H21FN2O. The van der Waals surface area contributed by atoms with E-state index in [1.165, 1.54) is 18.6 Å². The Bertz CT molecular complexity index is 411. The molecule has 1 aliphatic carbocycles. The van der Waals surface area contributed by atoms with Gasteiger partial charge in [-0.15, -0.1) is 0 Å². The molecule has 0 amide bonds. The molecule has 3 N–H and O–H groups in total. The van der Waals surface area contributed by atoms with Gasteiger partial charge in [0.1, 0.15) is 11.6 Å². The van der Waals surface area contributed by atoms with E-state index in [1.807, 2.05) is 0 Å². The maximum Gasteiger partial charge on any atom is 0.123 e. The van der Waals surface area contributed by atoms with Crippen LogP contribution in [0.2, 0.25) is 0 Å². The molecule has 0 aliphatic heterocycles. The minimum Gasteiger partial charge on any atom is -0.496 e. The van der Waals surface area contributed by atoms with E-state index in [9.17, 15) is 4.39 Å². The second-order valence-corrected chi connectivity index (χ2v) is 5.21. The molecule has 1 saturated carbocycles. The minimum atomic E-state index is -0.253. The molecule has 4 heteroatoms. The van der Waals surface area contributed by atoms with Crippen molar-refractivity contribution in [2.75, 3.05) is 7.11 Å². The molecule has 3 unspecified atom stereocenters. The average Bonchev–Trinajstić information content (AvgIpc) is 2.77. The van der Waals surface area contributed by atoms with Crippen LogP contribution in [0, 0.1) is 17.7 Å². The molecule has 3 nitrogen and oxygen atoms in total. The Morgan fingerprint density at radius 1 is 1.44 bits per heavy atom. The number of halogens is 1. The lowest BCUT2D eigenvalue weighted by Gasteiger charge is -2.25. The molecular weight excluding hydrogens is 231 g/mol. The summed E-state index contributed by atoms with van der Waals surface area (Å²) in [5.41, 5.74) is 3.65. The minimum absolute atomic E-state index is 0.0411. The molecule has 3 atom stereocenters. The summed E-state index contributed by atoms with van der Waals surface area (Å²) in [6.07, 6.45) is 3.45. The van der Waals surface area contributed by atoms with Crippen molar-refractivity contribution in [3.8, 4) is 5.75 Å². The molecule has 2 rings (SSSR count). The first-order valence-electron chi connectivity index (χ1n) is 6.45. The van der Waals surface area contributed by atoms with Crippen molar-refractivity contribution in [1.29, 1.82) is 0 Å². The first-order valence-corrected chi connectivity index (χ1v) is 6.45. The molecule has 0 saturated heterocycles. The molecule has 18 heavy (non-hydrogen) atoms. The zero-order valence-electron chi connectivity index (χ0n) is 10.9. The van der Waals surface area contributed by atoms with Gasteiger partial charge in [-0.1, -0.05) is 13.3 Å². The Balaban J connectivity index is 2.29. The number of nitrogens with one attached hydrogen (secondary N) is 1. The van der Waals surface area contributed by atoms with Crippen LogP contribution in [0.3, 0.4) is 0 Å². The van der Waals surface area contributed by atoms with Crippen LogP contribution in [0.5, 0.6) is 5.75 Å². The normalized spacial score (nSPS) is 25.1. The molecule has 0 heterocycles. The van der Waals surface area contributed by atoms with Crippen LogP contribution < -0.4 is 16.0 Å². The standard InChI is InChI=1S/C14H21FN2O/c1-9-3-4-10(7-9)14(17-16)12-8-11(15)5-6-13(12)18-2/h5-6,8-10,14,17H,3-4,7,16H2,1-2H3. The van der Waals surface area contributed by atoms with Crippen LogP contribution >= 0.6 is 0 Å². The van der Waals surface area contributed by atoms with Crippen molar-refractivity contribution >= 4 is 0 Å². The molecule has 1 aliphatic rings. The van der Waals surface area contributed by atoms with E-state index in [0.717, 1.165) is 18.4 Å². The van der Waals surface area contributed by atoms with E-state index in [1.54, 1.807) is 13.2 Å². The summed E-state index contributed by atoms with van der Waals surface area (Å²) in [6, 6.07) is 4.55. The Kier molecular flexibility index (Phi) is 4.19. The van der Waals surface area contributed by atoms with Gasteiger partial charge in [0.05, 0.1) is 13.2 Å². The number of benzene rings is 1. The Hall–Kier alpha value is -1.13. The second-order valence-electron chi connectivity index (χ2n) is 5.21. The predicted octanol–water partition coefficient (Wildman–Crippen LogP) is 2.77. The van der Waals surface area contributed by atoms with Gasteiger partial charge in [0.15, 0.2) is 0 Å². The van der Waals surface area contributed by atoms with Crippen molar-refractivity contribution in [3.63, 3.8) is 0 Å². The van der Waals surface area contributed by atoms with Gasteiger partial charge in [-0.3, -0.25) is 11.3 Å². The zero-order valence-corrected chi connectivity index (χ0v) is 10.9. The third kappa shape index (κ3) is 2.65. The Morgan fingerprint density at radius 2 is 2.22 bits per heavy atom. The second kappa shape index (κ2) is 5.67. The molecule has 0 aromatic heterocycles. The van der Waals surface area contributed by atoms with E-state index in [-0.39, 0.29) is 11.9 Å². The van der Waals surface area contributed by atoms with Gasteiger partial charge in [-0.05, 0) is 42.9 Å². The lowest BCUT2D eigenvalue weighted by Crippen LogP contribution is -2.33. The average molecular weight is 252 g/mol. The van der Waals surface area contributed by atoms with Crippen LogP contribution in [0.4, 0.5) is 4.39 Å². The van der Waals surface area contributed by atoms with Gasteiger partial charge < -0.3 is 4.74 Å². The number of hydrogen-bond acceptors (Lipinski definition) is 3.